The second-order valence-corrected chi connectivity index (χ2v) is 7.18. The topological polar surface area (TPSA) is 50.8 Å². The van der Waals surface area contributed by atoms with Crippen LogP contribution in [0.5, 0.6) is 5.75 Å². The molecule has 3 rings (SSSR count). The summed E-state index contributed by atoms with van der Waals surface area (Å²) in [4.78, 5) is 14.9. The SMILES string of the molecule is CCOc1cc(F)ccc1NC(=O)c1ccc(CN2CC(C)OC(C)C2)cc1. The molecule has 1 saturated heterocycles. The first-order valence-corrected chi connectivity index (χ1v) is 9.65. The molecule has 28 heavy (non-hydrogen) atoms. The molecule has 0 bridgehead atoms. The highest BCUT2D eigenvalue weighted by Gasteiger charge is 2.22. The Morgan fingerprint density at radius 1 is 1.18 bits per heavy atom. The Morgan fingerprint density at radius 2 is 1.86 bits per heavy atom. The second-order valence-electron chi connectivity index (χ2n) is 7.18. The molecular formula is C22H27FN2O3. The highest BCUT2D eigenvalue weighted by atomic mass is 19.1. The van der Waals surface area contributed by atoms with Crippen molar-refractivity contribution in [1.29, 1.82) is 0 Å². The minimum absolute atomic E-state index is 0.226. The van der Waals surface area contributed by atoms with Crippen LogP contribution >= 0.6 is 0 Å². The quantitative estimate of drug-likeness (QED) is 0.813. The number of hydrogen-bond acceptors (Lipinski definition) is 4. The van der Waals surface area contributed by atoms with E-state index < -0.39 is 5.82 Å². The molecule has 150 valence electrons. The van der Waals surface area contributed by atoms with Gasteiger partial charge in [-0.2, -0.15) is 0 Å². The number of ether oxygens (including phenoxy) is 2. The molecule has 0 spiro atoms. The van der Waals surface area contributed by atoms with Crippen LogP contribution in [0.2, 0.25) is 0 Å². The molecule has 2 unspecified atom stereocenters. The third-order valence-corrected chi connectivity index (χ3v) is 4.61. The number of anilines is 1. The van der Waals surface area contributed by atoms with Crippen LogP contribution in [-0.2, 0) is 11.3 Å². The first-order chi connectivity index (χ1) is 13.4. The molecule has 1 N–H and O–H groups in total. The number of hydrogen-bond donors (Lipinski definition) is 1. The molecule has 1 fully saturated rings. The third-order valence-electron chi connectivity index (χ3n) is 4.61. The summed E-state index contributed by atoms with van der Waals surface area (Å²) in [5, 5.41) is 2.79. The molecule has 2 aromatic carbocycles. The molecule has 1 aliphatic heterocycles. The Labute approximate surface area is 165 Å². The third kappa shape index (κ3) is 5.30. The van der Waals surface area contributed by atoms with Crippen LogP contribution in [0.15, 0.2) is 42.5 Å². The minimum Gasteiger partial charge on any atom is -0.492 e. The fraction of sp³-hybridized carbons (Fsp3) is 0.409. The van der Waals surface area contributed by atoms with Crippen molar-refractivity contribution in [2.75, 3.05) is 25.0 Å². The van der Waals surface area contributed by atoms with E-state index in [9.17, 15) is 9.18 Å². The van der Waals surface area contributed by atoms with E-state index in [-0.39, 0.29) is 18.1 Å². The van der Waals surface area contributed by atoms with Gasteiger partial charge in [0.05, 0.1) is 24.5 Å². The summed E-state index contributed by atoms with van der Waals surface area (Å²) in [6.45, 7) is 9.00. The van der Waals surface area contributed by atoms with Crippen molar-refractivity contribution in [3.63, 3.8) is 0 Å². The van der Waals surface area contributed by atoms with Crippen LogP contribution in [0.4, 0.5) is 10.1 Å². The van der Waals surface area contributed by atoms with Crippen molar-refractivity contribution in [3.8, 4) is 5.75 Å². The molecule has 0 radical (unpaired) electrons. The van der Waals surface area contributed by atoms with Gasteiger partial charge in [-0.3, -0.25) is 9.69 Å². The fourth-order valence-electron chi connectivity index (χ4n) is 3.50. The van der Waals surface area contributed by atoms with E-state index in [0.29, 0.717) is 23.6 Å². The average Bonchev–Trinajstić information content (AvgIpc) is 2.64. The van der Waals surface area contributed by atoms with E-state index in [2.05, 4.69) is 24.1 Å². The molecule has 6 heteroatoms. The number of nitrogens with zero attached hydrogens (tertiary/aromatic N) is 1. The van der Waals surface area contributed by atoms with Gasteiger partial charge in [-0.05, 0) is 50.6 Å². The van der Waals surface area contributed by atoms with Crippen LogP contribution in [0.1, 0.15) is 36.7 Å². The predicted octanol–water partition coefficient (Wildman–Crippen LogP) is 4.09. The lowest BCUT2D eigenvalue weighted by atomic mass is 10.1. The van der Waals surface area contributed by atoms with Crippen LogP contribution in [0, 0.1) is 5.82 Å². The number of carbonyl (C=O) groups is 1. The number of nitrogens with one attached hydrogen (secondary N) is 1. The largest absolute Gasteiger partial charge is 0.492 e. The predicted molar refractivity (Wildman–Crippen MR) is 107 cm³/mol. The summed E-state index contributed by atoms with van der Waals surface area (Å²) >= 11 is 0. The summed E-state index contributed by atoms with van der Waals surface area (Å²) in [5.41, 5.74) is 2.14. The van der Waals surface area contributed by atoms with Crippen molar-refractivity contribution in [2.45, 2.75) is 39.5 Å². The first-order valence-electron chi connectivity index (χ1n) is 9.65. The molecular weight excluding hydrogens is 359 g/mol. The van der Waals surface area contributed by atoms with Gasteiger partial charge in [0.2, 0.25) is 0 Å². The lowest BCUT2D eigenvalue weighted by Gasteiger charge is -2.35. The molecule has 0 aromatic heterocycles. The average molecular weight is 386 g/mol. The maximum Gasteiger partial charge on any atom is 0.255 e. The fourth-order valence-corrected chi connectivity index (χ4v) is 3.50. The van der Waals surface area contributed by atoms with Gasteiger partial charge in [0.25, 0.3) is 5.91 Å². The Balaban J connectivity index is 1.64. The maximum absolute atomic E-state index is 13.4. The Hall–Kier alpha value is -2.44. The van der Waals surface area contributed by atoms with Gasteiger partial charge in [0.1, 0.15) is 11.6 Å². The highest BCUT2D eigenvalue weighted by Crippen LogP contribution is 2.26. The molecule has 2 atom stereocenters. The monoisotopic (exact) mass is 386 g/mol. The van der Waals surface area contributed by atoms with E-state index in [1.54, 1.807) is 0 Å². The van der Waals surface area contributed by atoms with Crippen molar-refractivity contribution < 1.29 is 18.7 Å². The second kappa shape index (κ2) is 9.17. The van der Waals surface area contributed by atoms with E-state index >= 15 is 0 Å². The number of carbonyl (C=O) groups excluding carboxylic acids is 1. The number of rotatable bonds is 6. The molecule has 1 aliphatic rings. The zero-order valence-electron chi connectivity index (χ0n) is 16.6. The van der Waals surface area contributed by atoms with Crippen molar-refractivity contribution in [1.82, 2.24) is 4.90 Å². The summed E-state index contributed by atoms with van der Waals surface area (Å²) < 4.78 is 24.6. The van der Waals surface area contributed by atoms with Crippen LogP contribution in [0.25, 0.3) is 0 Å². The van der Waals surface area contributed by atoms with Crippen molar-refractivity contribution in [3.05, 3.63) is 59.4 Å². The summed E-state index contributed by atoms with van der Waals surface area (Å²) in [6, 6.07) is 11.6. The van der Waals surface area contributed by atoms with E-state index in [1.807, 2.05) is 31.2 Å². The summed E-state index contributed by atoms with van der Waals surface area (Å²) in [6.07, 6.45) is 0.452. The number of amides is 1. The Kier molecular flexibility index (Phi) is 6.65. The molecule has 1 heterocycles. The van der Waals surface area contributed by atoms with E-state index in [1.165, 1.54) is 18.2 Å². The van der Waals surface area contributed by atoms with E-state index in [0.717, 1.165) is 25.2 Å². The van der Waals surface area contributed by atoms with Gasteiger partial charge < -0.3 is 14.8 Å². The zero-order valence-corrected chi connectivity index (χ0v) is 16.6. The van der Waals surface area contributed by atoms with E-state index in [4.69, 9.17) is 9.47 Å². The smallest absolute Gasteiger partial charge is 0.255 e. The van der Waals surface area contributed by atoms with Gasteiger partial charge in [-0.25, -0.2) is 4.39 Å². The van der Waals surface area contributed by atoms with Gasteiger partial charge >= 0.3 is 0 Å². The molecule has 1 amide bonds. The molecule has 0 saturated carbocycles. The van der Waals surface area contributed by atoms with Gasteiger partial charge in [-0.1, -0.05) is 12.1 Å². The van der Waals surface area contributed by atoms with Crippen LogP contribution < -0.4 is 10.1 Å². The molecule has 5 nitrogen and oxygen atoms in total. The number of morpholine rings is 1. The molecule has 2 aromatic rings. The zero-order chi connectivity index (χ0) is 20.1. The Bertz CT molecular complexity index is 800. The van der Waals surface area contributed by atoms with Crippen molar-refractivity contribution >= 4 is 11.6 Å². The molecule has 0 aliphatic carbocycles. The lowest BCUT2D eigenvalue weighted by Crippen LogP contribution is -2.44. The van der Waals surface area contributed by atoms with Gasteiger partial charge in [0, 0.05) is 31.3 Å². The van der Waals surface area contributed by atoms with Gasteiger partial charge in [-0.15, -0.1) is 0 Å². The number of benzene rings is 2. The van der Waals surface area contributed by atoms with Crippen LogP contribution in [0.3, 0.4) is 0 Å². The maximum atomic E-state index is 13.4. The van der Waals surface area contributed by atoms with Crippen molar-refractivity contribution in [2.24, 2.45) is 0 Å². The summed E-state index contributed by atoms with van der Waals surface area (Å²) in [7, 11) is 0. The summed E-state index contributed by atoms with van der Waals surface area (Å²) in [5.74, 6) is -0.340. The standard InChI is InChI=1S/C22H27FN2O3/c1-4-27-21-11-19(23)9-10-20(21)24-22(26)18-7-5-17(6-8-18)14-25-12-15(2)28-16(3)13-25/h5-11,15-16H,4,12-14H2,1-3H3,(H,24,26). The lowest BCUT2D eigenvalue weighted by molar-refractivity contribution is -0.0704. The van der Waals surface area contributed by atoms with Crippen LogP contribution in [-0.4, -0.2) is 42.7 Å². The normalized spacial score (nSPS) is 20.0. The van der Waals surface area contributed by atoms with Gasteiger partial charge in [0.15, 0.2) is 0 Å². The highest BCUT2D eigenvalue weighted by molar-refractivity contribution is 6.05. The minimum atomic E-state index is -0.405. The first kappa shape index (κ1) is 20.3. The number of halogens is 1. The Morgan fingerprint density at radius 3 is 2.50 bits per heavy atom.